The lowest BCUT2D eigenvalue weighted by Gasteiger charge is -2.12. The maximum atomic E-state index is 12.3. The zero-order valence-corrected chi connectivity index (χ0v) is 15.3. The molecule has 0 radical (unpaired) electrons. The highest BCUT2D eigenvalue weighted by atomic mass is 32.1. The molecule has 3 rings (SSSR count). The Labute approximate surface area is 145 Å². The number of thiophene rings is 1. The van der Waals surface area contributed by atoms with E-state index in [0.717, 1.165) is 40.8 Å². The monoisotopic (exact) mass is 349 g/mol. The topological polar surface area (TPSA) is 45.2 Å². The standard InChI is InChI=1S/C17H23N3OS2/c1-12(2)14-6-10-22-15(14)16(21)18-7-5-13-11-23-17(19-13)20-8-3-4-9-20/h6,10-12H,3-5,7-9H2,1-2H3,(H,18,21). The van der Waals surface area contributed by atoms with E-state index < -0.39 is 0 Å². The number of carbonyl (C=O) groups is 1. The summed E-state index contributed by atoms with van der Waals surface area (Å²) in [5.74, 6) is 0.419. The molecular formula is C17H23N3OS2. The van der Waals surface area contributed by atoms with Crippen LogP contribution in [0.15, 0.2) is 16.8 Å². The molecule has 1 aliphatic heterocycles. The second kappa shape index (κ2) is 7.45. The largest absolute Gasteiger partial charge is 0.351 e. The molecule has 2 aromatic rings. The molecule has 124 valence electrons. The lowest BCUT2D eigenvalue weighted by molar-refractivity contribution is 0.0957. The summed E-state index contributed by atoms with van der Waals surface area (Å²) in [6.07, 6.45) is 3.33. The van der Waals surface area contributed by atoms with E-state index in [1.165, 1.54) is 24.2 Å². The third-order valence-electron chi connectivity index (χ3n) is 4.11. The summed E-state index contributed by atoms with van der Waals surface area (Å²) >= 11 is 3.23. The Bertz CT molecular complexity index is 656. The molecule has 1 aliphatic rings. The van der Waals surface area contributed by atoms with Gasteiger partial charge in [-0.3, -0.25) is 4.79 Å². The lowest BCUT2D eigenvalue weighted by atomic mass is 10.0. The summed E-state index contributed by atoms with van der Waals surface area (Å²) in [6, 6.07) is 2.05. The number of nitrogens with one attached hydrogen (secondary N) is 1. The van der Waals surface area contributed by atoms with Crippen LogP contribution in [0.1, 0.15) is 53.5 Å². The summed E-state index contributed by atoms with van der Waals surface area (Å²) < 4.78 is 0. The smallest absolute Gasteiger partial charge is 0.261 e. The lowest BCUT2D eigenvalue weighted by Crippen LogP contribution is -2.26. The summed E-state index contributed by atoms with van der Waals surface area (Å²) in [5, 5.41) is 8.27. The number of hydrogen-bond acceptors (Lipinski definition) is 5. The first kappa shape index (κ1) is 16.5. The van der Waals surface area contributed by atoms with Gasteiger partial charge in [0.2, 0.25) is 0 Å². The van der Waals surface area contributed by atoms with Crippen LogP contribution in [0.3, 0.4) is 0 Å². The maximum absolute atomic E-state index is 12.3. The first-order valence-corrected chi connectivity index (χ1v) is 9.96. The normalized spacial score (nSPS) is 14.7. The number of carbonyl (C=O) groups excluding carboxylic acids is 1. The molecule has 1 amide bonds. The van der Waals surface area contributed by atoms with E-state index >= 15 is 0 Å². The van der Waals surface area contributed by atoms with Gasteiger partial charge in [-0.15, -0.1) is 22.7 Å². The van der Waals surface area contributed by atoms with Crippen LogP contribution < -0.4 is 10.2 Å². The molecule has 0 bridgehead atoms. The minimum Gasteiger partial charge on any atom is -0.351 e. The van der Waals surface area contributed by atoms with Crippen molar-refractivity contribution in [2.75, 3.05) is 24.5 Å². The average molecular weight is 350 g/mol. The van der Waals surface area contributed by atoms with Crippen molar-refractivity contribution in [2.24, 2.45) is 0 Å². The first-order chi connectivity index (χ1) is 11.1. The predicted molar refractivity (Wildman–Crippen MR) is 98.0 cm³/mol. The van der Waals surface area contributed by atoms with Crippen LogP contribution >= 0.6 is 22.7 Å². The zero-order chi connectivity index (χ0) is 16.2. The molecular weight excluding hydrogens is 326 g/mol. The number of aromatic nitrogens is 1. The van der Waals surface area contributed by atoms with Crippen molar-refractivity contribution < 1.29 is 4.79 Å². The van der Waals surface area contributed by atoms with Gasteiger partial charge in [0, 0.05) is 31.4 Å². The molecule has 23 heavy (non-hydrogen) atoms. The Kier molecular flexibility index (Phi) is 5.33. The molecule has 1 saturated heterocycles. The van der Waals surface area contributed by atoms with E-state index in [9.17, 15) is 4.79 Å². The van der Waals surface area contributed by atoms with Gasteiger partial charge in [0.15, 0.2) is 5.13 Å². The predicted octanol–water partition coefficient (Wildman–Crippen LogP) is 3.90. The maximum Gasteiger partial charge on any atom is 0.261 e. The average Bonchev–Trinajstić information content (AvgIpc) is 3.27. The first-order valence-electron chi connectivity index (χ1n) is 8.20. The van der Waals surface area contributed by atoms with Gasteiger partial charge in [0.05, 0.1) is 10.6 Å². The van der Waals surface area contributed by atoms with Crippen molar-refractivity contribution in [1.29, 1.82) is 0 Å². The van der Waals surface area contributed by atoms with Crippen molar-refractivity contribution in [3.8, 4) is 0 Å². The van der Waals surface area contributed by atoms with Crippen molar-refractivity contribution >= 4 is 33.7 Å². The van der Waals surface area contributed by atoms with Crippen LogP contribution in [0, 0.1) is 0 Å². The van der Waals surface area contributed by atoms with Crippen molar-refractivity contribution in [2.45, 2.75) is 39.0 Å². The number of amides is 1. The number of hydrogen-bond donors (Lipinski definition) is 1. The highest BCUT2D eigenvalue weighted by Crippen LogP contribution is 2.25. The fourth-order valence-electron chi connectivity index (χ4n) is 2.81. The van der Waals surface area contributed by atoms with Gasteiger partial charge in [-0.1, -0.05) is 13.8 Å². The highest BCUT2D eigenvalue weighted by Gasteiger charge is 2.17. The molecule has 0 spiro atoms. The third-order valence-corrected chi connectivity index (χ3v) is 5.99. The Balaban J connectivity index is 1.51. The fraction of sp³-hybridized carbons (Fsp3) is 0.529. The second-order valence-electron chi connectivity index (χ2n) is 6.18. The van der Waals surface area contributed by atoms with Crippen molar-refractivity contribution in [3.63, 3.8) is 0 Å². The molecule has 0 atom stereocenters. The summed E-state index contributed by atoms with van der Waals surface area (Å²) in [6.45, 7) is 7.12. The summed E-state index contributed by atoms with van der Waals surface area (Å²) in [5.41, 5.74) is 2.21. The second-order valence-corrected chi connectivity index (χ2v) is 7.93. The van der Waals surface area contributed by atoms with Crippen molar-refractivity contribution in [1.82, 2.24) is 10.3 Å². The molecule has 0 saturated carbocycles. The molecule has 0 aliphatic carbocycles. The van der Waals surface area contributed by atoms with Gasteiger partial charge in [0.1, 0.15) is 0 Å². The molecule has 1 fully saturated rings. The Morgan fingerprint density at radius 3 is 2.87 bits per heavy atom. The number of thiazole rings is 1. The van der Waals surface area contributed by atoms with Crippen LogP contribution in [0.2, 0.25) is 0 Å². The van der Waals surface area contributed by atoms with E-state index in [0.29, 0.717) is 12.5 Å². The Morgan fingerprint density at radius 1 is 1.35 bits per heavy atom. The van der Waals surface area contributed by atoms with Gasteiger partial charge in [-0.2, -0.15) is 0 Å². The zero-order valence-electron chi connectivity index (χ0n) is 13.7. The van der Waals surface area contributed by atoms with Gasteiger partial charge in [0.25, 0.3) is 5.91 Å². The SMILES string of the molecule is CC(C)c1ccsc1C(=O)NCCc1csc(N2CCCC2)n1. The fourth-order valence-corrected chi connectivity index (χ4v) is 4.69. The third kappa shape index (κ3) is 3.93. The minimum atomic E-state index is 0.0405. The van der Waals surface area contributed by atoms with Crippen LogP contribution in [0.25, 0.3) is 0 Å². The van der Waals surface area contributed by atoms with E-state index in [-0.39, 0.29) is 5.91 Å². The number of nitrogens with zero attached hydrogens (tertiary/aromatic N) is 2. The quantitative estimate of drug-likeness (QED) is 0.860. The van der Waals surface area contributed by atoms with Gasteiger partial charge < -0.3 is 10.2 Å². The molecule has 1 N–H and O–H groups in total. The Morgan fingerprint density at radius 2 is 2.13 bits per heavy atom. The van der Waals surface area contributed by atoms with Crippen molar-refractivity contribution in [3.05, 3.63) is 33.0 Å². The van der Waals surface area contributed by atoms with E-state index in [1.807, 2.05) is 11.4 Å². The molecule has 0 unspecified atom stereocenters. The van der Waals surface area contributed by atoms with Crippen LogP contribution in [0.5, 0.6) is 0 Å². The van der Waals surface area contributed by atoms with E-state index in [4.69, 9.17) is 4.98 Å². The number of rotatable bonds is 6. The molecule has 3 heterocycles. The minimum absolute atomic E-state index is 0.0405. The Hall–Kier alpha value is -1.40. The molecule has 2 aromatic heterocycles. The summed E-state index contributed by atoms with van der Waals surface area (Å²) in [7, 11) is 0. The van der Waals surface area contributed by atoms with E-state index in [2.05, 4.69) is 29.4 Å². The van der Waals surface area contributed by atoms with Crippen LogP contribution in [-0.2, 0) is 6.42 Å². The van der Waals surface area contributed by atoms with Gasteiger partial charge >= 0.3 is 0 Å². The molecule has 0 aromatic carbocycles. The number of anilines is 1. The van der Waals surface area contributed by atoms with Crippen LogP contribution in [0.4, 0.5) is 5.13 Å². The van der Waals surface area contributed by atoms with Crippen LogP contribution in [-0.4, -0.2) is 30.5 Å². The summed E-state index contributed by atoms with van der Waals surface area (Å²) in [4.78, 5) is 20.2. The highest BCUT2D eigenvalue weighted by molar-refractivity contribution is 7.13. The molecule has 6 heteroatoms. The van der Waals surface area contributed by atoms with E-state index in [1.54, 1.807) is 11.3 Å². The van der Waals surface area contributed by atoms with Gasteiger partial charge in [-0.25, -0.2) is 4.98 Å². The molecule has 4 nitrogen and oxygen atoms in total. The van der Waals surface area contributed by atoms with Gasteiger partial charge in [-0.05, 0) is 35.8 Å².